The van der Waals surface area contributed by atoms with Gasteiger partial charge in [-0.1, -0.05) is 13.0 Å². The molecule has 1 atom stereocenters. The van der Waals surface area contributed by atoms with Crippen LogP contribution >= 0.6 is 0 Å². The minimum atomic E-state index is 0.0949. The van der Waals surface area contributed by atoms with Crippen LogP contribution in [0.4, 0.5) is 0 Å². The van der Waals surface area contributed by atoms with Crippen molar-refractivity contribution in [1.82, 2.24) is 10.6 Å². The van der Waals surface area contributed by atoms with E-state index in [1.54, 1.807) is 0 Å². The van der Waals surface area contributed by atoms with Crippen LogP contribution in [0.2, 0.25) is 0 Å². The smallest absolute Gasteiger partial charge is 0.231 e. The van der Waals surface area contributed by atoms with Gasteiger partial charge in [0.15, 0.2) is 11.5 Å². The standard InChI is InChI=1S/C15H22N2O3/c1-3-11(2)17-15(18)6-7-16-9-12-4-5-13-14(8-12)20-10-19-13/h4-5,8,11,16H,3,6-7,9-10H2,1-2H3,(H,17,18). The van der Waals surface area contributed by atoms with Crippen LogP contribution in [0.25, 0.3) is 0 Å². The van der Waals surface area contributed by atoms with Crippen molar-refractivity contribution in [3.05, 3.63) is 23.8 Å². The zero-order valence-electron chi connectivity index (χ0n) is 12.1. The van der Waals surface area contributed by atoms with Crippen LogP contribution in [0, 0.1) is 0 Å². The Morgan fingerprint density at radius 3 is 2.95 bits per heavy atom. The van der Waals surface area contributed by atoms with Crippen molar-refractivity contribution in [2.45, 2.75) is 39.3 Å². The molecule has 0 bridgehead atoms. The molecule has 1 unspecified atom stereocenters. The molecule has 2 N–H and O–H groups in total. The van der Waals surface area contributed by atoms with Gasteiger partial charge in [-0.2, -0.15) is 0 Å². The van der Waals surface area contributed by atoms with Gasteiger partial charge in [0.1, 0.15) is 0 Å². The fraction of sp³-hybridized carbons (Fsp3) is 0.533. The van der Waals surface area contributed by atoms with E-state index in [0.29, 0.717) is 26.3 Å². The van der Waals surface area contributed by atoms with E-state index in [1.807, 2.05) is 25.1 Å². The number of amides is 1. The van der Waals surface area contributed by atoms with Crippen LogP contribution in [0.15, 0.2) is 18.2 Å². The lowest BCUT2D eigenvalue weighted by molar-refractivity contribution is -0.121. The van der Waals surface area contributed by atoms with Crippen LogP contribution < -0.4 is 20.1 Å². The third-order valence-corrected chi connectivity index (χ3v) is 3.31. The van der Waals surface area contributed by atoms with Gasteiger partial charge in [0.05, 0.1) is 0 Å². The maximum atomic E-state index is 11.6. The summed E-state index contributed by atoms with van der Waals surface area (Å²) >= 11 is 0. The van der Waals surface area contributed by atoms with Crippen molar-refractivity contribution in [3.63, 3.8) is 0 Å². The summed E-state index contributed by atoms with van der Waals surface area (Å²) in [6.45, 7) is 5.74. The molecule has 0 spiro atoms. The predicted octanol–water partition coefficient (Wildman–Crippen LogP) is 1.81. The SMILES string of the molecule is CCC(C)NC(=O)CCNCc1ccc2c(c1)OCO2. The van der Waals surface area contributed by atoms with Gasteiger partial charge in [0, 0.05) is 25.6 Å². The second-order valence-corrected chi connectivity index (χ2v) is 4.99. The number of benzene rings is 1. The lowest BCUT2D eigenvalue weighted by atomic mass is 10.2. The topological polar surface area (TPSA) is 59.6 Å². The van der Waals surface area contributed by atoms with E-state index in [4.69, 9.17) is 9.47 Å². The Morgan fingerprint density at radius 2 is 2.15 bits per heavy atom. The Hall–Kier alpha value is -1.75. The zero-order chi connectivity index (χ0) is 14.4. The first-order valence-electron chi connectivity index (χ1n) is 7.07. The molecule has 1 aliphatic rings. The Bertz CT molecular complexity index is 462. The molecule has 20 heavy (non-hydrogen) atoms. The van der Waals surface area contributed by atoms with Crippen molar-refractivity contribution in [1.29, 1.82) is 0 Å². The van der Waals surface area contributed by atoms with E-state index < -0.39 is 0 Å². The molecule has 0 aliphatic carbocycles. The Morgan fingerprint density at radius 1 is 1.35 bits per heavy atom. The van der Waals surface area contributed by atoms with Gasteiger partial charge in [-0.15, -0.1) is 0 Å². The van der Waals surface area contributed by atoms with Crippen molar-refractivity contribution < 1.29 is 14.3 Å². The van der Waals surface area contributed by atoms with Crippen molar-refractivity contribution >= 4 is 5.91 Å². The molecule has 0 saturated carbocycles. The molecule has 1 amide bonds. The van der Waals surface area contributed by atoms with Crippen LogP contribution in [0.5, 0.6) is 11.5 Å². The highest BCUT2D eigenvalue weighted by Crippen LogP contribution is 2.32. The molecule has 0 fully saturated rings. The van der Waals surface area contributed by atoms with Crippen LogP contribution in [0.1, 0.15) is 32.3 Å². The van der Waals surface area contributed by atoms with Crippen molar-refractivity contribution in [2.24, 2.45) is 0 Å². The van der Waals surface area contributed by atoms with Gasteiger partial charge in [0.25, 0.3) is 0 Å². The largest absolute Gasteiger partial charge is 0.454 e. The van der Waals surface area contributed by atoms with Gasteiger partial charge in [-0.25, -0.2) is 0 Å². The number of carbonyl (C=O) groups is 1. The second-order valence-electron chi connectivity index (χ2n) is 4.99. The first-order valence-corrected chi connectivity index (χ1v) is 7.07. The van der Waals surface area contributed by atoms with E-state index in [9.17, 15) is 4.79 Å². The summed E-state index contributed by atoms with van der Waals surface area (Å²) in [6, 6.07) is 6.12. The summed E-state index contributed by atoms with van der Waals surface area (Å²) in [5.74, 6) is 1.68. The van der Waals surface area contributed by atoms with Gasteiger partial charge in [-0.3, -0.25) is 4.79 Å². The summed E-state index contributed by atoms with van der Waals surface area (Å²) in [5.41, 5.74) is 1.12. The van der Waals surface area contributed by atoms with E-state index in [2.05, 4.69) is 17.6 Å². The molecule has 1 aliphatic heterocycles. The van der Waals surface area contributed by atoms with Gasteiger partial charge < -0.3 is 20.1 Å². The van der Waals surface area contributed by atoms with Crippen LogP contribution in [-0.2, 0) is 11.3 Å². The molecule has 0 aromatic heterocycles. The molecule has 110 valence electrons. The van der Waals surface area contributed by atoms with Crippen LogP contribution in [0.3, 0.4) is 0 Å². The predicted molar refractivity (Wildman–Crippen MR) is 76.8 cm³/mol. The molecule has 0 radical (unpaired) electrons. The monoisotopic (exact) mass is 278 g/mol. The summed E-state index contributed by atoms with van der Waals surface area (Å²) in [5, 5.41) is 6.20. The van der Waals surface area contributed by atoms with Gasteiger partial charge >= 0.3 is 0 Å². The zero-order valence-corrected chi connectivity index (χ0v) is 12.1. The van der Waals surface area contributed by atoms with E-state index >= 15 is 0 Å². The summed E-state index contributed by atoms with van der Waals surface area (Å²) in [6.07, 6.45) is 1.45. The van der Waals surface area contributed by atoms with E-state index in [0.717, 1.165) is 23.5 Å². The fourth-order valence-electron chi connectivity index (χ4n) is 1.93. The third kappa shape index (κ3) is 4.13. The average Bonchev–Trinajstić information content (AvgIpc) is 2.91. The number of hydrogen-bond acceptors (Lipinski definition) is 4. The Balaban J connectivity index is 1.67. The number of carbonyl (C=O) groups excluding carboxylic acids is 1. The van der Waals surface area contributed by atoms with Crippen molar-refractivity contribution in [2.75, 3.05) is 13.3 Å². The molecule has 0 saturated heterocycles. The van der Waals surface area contributed by atoms with E-state index in [1.165, 1.54) is 0 Å². The number of ether oxygens (including phenoxy) is 2. The minimum Gasteiger partial charge on any atom is -0.454 e. The lowest BCUT2D eigenvalue weighted by Crippen LogP contribution is -2.33. The minimum absolute atomic E-state index is 0.0949. The number of rotatable bonds is 7. The Labute approximate surface area is 119 Å². The summed E-state index contributed by atoms with van der Waals surface area (Å²) in [7, 11) is 0. The fourth-order valence-corrected chi connectivity index (χ4v) is 1.93. The second kappa shape index (κ2) is 7.14. The number of nitrogens with one attached hydrogen (secondary N) is 2. The maximum absolute atomic E-state index is 11.6. The lowest BCUT2D eigenvalue weighted by Gasteiger charge is -2.11. The summed E-state index contributed by atoms with van der Waals surface area (Å²) < 4.78 is 10.6. The average molecular weight is 278 g/mol. The van der Waals surface area contributed by atoms with Gasteiger partial charge in [-0.05, 0) is 31.0 Å². The molecule has 5 heteroatoms. The van der Waals surface area contributed by atoms with Gasteiger partial charge in [0.2, 0.25) is 12.7 Å². The van der Waals surface area contributed by atoms with E-state index in [-0.39, 0.29) is 11.9 Å². The highest BCUT2D eigenvalue weighted by atomic mass is 16.7. The molecule has 5 nitrogen and oxygen atoms in total. The van der Waals surface area contributed by atoms with Crippen LogP contribution in [-0.4, -0.2) is 25.3 Å². The third-order valence-electron chi connectivity index (χ3n) is 3.31. The molecular formula is C15H22N2O3. The molecule has 1 aromatic rings. The highest BCUT2D eigenvalue weighted by Gasteiger charge is 2.12. The van der Waals surface area contributed by atoms with Crippen molar-refractivity contribution in [3.8, 4) is 11.5 Å². The molecule has 1 heterocycles. The first kappa shape index (κ1) is 14.7. The normalized spacial score (nSPS) is 14.1. The number of fused-ring (bicyclic) bond motifs is 1. The quantitative estimate of drug-likeness (QED) is 0.747. The maximum Gasteiger partial charge on any atom is 0.231 e. The summed E-state index contributed by atoms with van der Waals surface area (Å²) in [4.78, 5) is 11.6. The number of hydrogen-bond donors (Lipinski definition) is 2. The molecular weight excluding hydrogens is 256 g/mol. The first-order chi connectivity index (χ1) is 9.69. The Kier molecular flexibility index (Phi) is 5.24. The molecule has 2 rings (SSSR count). The highest BCUT2D eigenvalue weighted by molar-refractivity contribution is 5.76. The molecule has 1 aromatic carbocycles.